The van der Waals surface area contributed by atoms with Crippen LogP contribution in [0.5, 0.6) is 5.75 Å². The first-order chi connectivity index (χ1) is 12.5. The third kappa shape index (κ3) is 4.84. The molecule has 5 nitrogen and oxygen atoms in total. The maximum atomic E-state index is 11.9. The summed E-state index contributed by atoms with van der Waals surface area (Å²) in [5, 5.41) is 1.32. The van der Waals surface area contributed by atoms with Crippen molar-refractivity contribution in [2.75, 3.05) is 7.11 Å². The van der Waals surface area contributed by atoms with Crippen LogP contribution in [0, 0.1) is 13.8 Å². The van der Waals surface area contributed by atoms with E-state index < -0.39 is 0 Å². The van der Waals surface area contributed by atoms with E-state index in [4.69, 9.17) is 14.9 Å². The van der Waals surface area contributed by atoms with Crippen molar-refractivity contribution in [1.82, 2.24) is 0 Å². The van der Waals surface area contributed by atoms with Crippen LogP contribution in [0.15, 0.2) is 56.7 Å². The van der Waals surface area contributed by atoms with Crippen LogP contribution in [0.2, 0.25) is 0 Å². The van der Waals surface area contributed by atoms with Gasteiger partial charge in [-0.2, -0.15) is 0 Å². The van der Waals surface area contributed by atoms with Crippen molar-refractivity contribution in [1.29, 1.82) is 0 Å². The van der Waals surface area contributed by atoms with Crippen molar-refractivity contribution in [3.8, 4) is 5.75 Å². The molecule has 2 aromatic carbocycles. The summed E-state index contributed by atoms with van der Waals surface area (Å²) >= 11 is 1.37. The lowest BCUT2D eigenvalue weighted by molar-refractivity contribution is 0.416. The minimum atomic E-state index is -0.364. The lowest BCUT2D eigenvalue weighted by Crippen LogP contribution is -2.07. The Morgan fingerprint density at radius 3 is 2.63 bits per heavy atom. The Kier molecular flexibility index (Phi) is 6.93. The molecule has 0 fully saturated rings. The molecule has 0 spiro atoms. The number of ether oxygens (including phenoxy) is 1. The van der Waals surface area contributed by atoms with Gasteiger partial charge < -0.3 is 14.9 Å². The van der Waals surface area contributed by atoms with Crippen molar-refractivity contribution in [3.63, 3.8) is 0 Å². The standard InChI is InChI=1S/C20H20N2O3S.ClH/c1-12-8-15-14(10-19(23)25-18(15)9-13(12)2)11-26-20(21)22-16-6-4-5-7-17(16)24-3;/h4-10H,11H2,1-3H3,(H2,21,22);1H. The number of nitrogens with two attached hydrogens (primary N) is 1. The molecule has 0 aliphatic rings. The summed E-state index contributed by atoms with van der Waals surface area (Å²) in [5.41, 5.74) is 10.1. The summed E-state index contributed by atoms with van der Waals surface area (Å²) in [6.07, 6.45) is 0. The van der Waals surface area contributed by atoms with Crippen molar-refractivity contribution in [2.45, 2.75) is 19.6 Å². The Labute approximate surface area is 168 Å². The molecule has 1 aromatic heterocycles. The summed E-state index contributed by atoms with van der Waals surface area (Å²) in [6.45, 7) is 4.03. The fourth-order valence-corrected chi connectivity index (χ4v) is 3.33. The minimum absolute atomic E-state index is 0. The molecule has 0 saturated carbocycles. The zero-order valence-corrected chi connectivity index (χ0v) is 16.9. The van der Waals surface area contributed by atoms with Gasteiger partial charge in [-0.05, 0) is 54.8 Å². The highest BCUT2D eigenvalue weighted by molar-refractivity contribution is 8.13. The van der Waals surface area contributed by atoms with Crippen molar-refractivity contribution < 1.29 is 9.15 Å². The molecule has 0 atom stereocenters. The second-order valence-corrected chi connectivity index (χ2v) is 6.93. The molecule has 2 N–H and O–H groups in total. The predicted molar refractivity (Wildman–Crippen MR) is 115 cm³/mol. The van der Waals surface area contributed by atoms with Crippen molar-refractivity contribution in [3.05, 3.63) is 69.6 Å². The fourth-order valence-electron chi connectivity index (χ4n) is 2.63. The third-order valence-corrected chi connectivity index (χ3v) is 4.98. The normalized spacial score (nSPS) is 11.3. The number of para-hydroxylation sites is 2. The molecule has 27 heavy (non-hydrogen) atoms. The van der Waals surface area contributed by atoms with Gasteiger partial charge in [0.15, 0.2) is 5.17 Å². The van der Waals surface area contributed by atoms with Gasteiger partial charge in [0.05, 0.1) is 7.11 Å². The van der Waals surface area contributed by atoms with E-state index in [9.17, 15) is 4.79 Å². The van der Waals surface area contributed by atoms with Gasteiger partial charge in [0.25, 0.3) is 0 Å². The van der Waals surface area contributed by atoms with Crippen molar-refractivity contribution in [2.24, 2.45) is 10.7 Å². The number of benzene rings is 2. The summed E-state index contributed by atoms with van der Waals surface area (Å²) < 4.78 is 10.6. The van der Waals surface area contributed by atoms with Gasteiger partial charge in [-0.1, -0.05) is 23.9 Å². The second kappa shape index (κ2) is 8.97. The molecule has 0 bridgehead atoms. The molecule has 3 aromatic rings. The first-order valence-electron chi connectivity index (χ1n) is 8.12. The first kappa shape index (κ1) is 20.9. The number of halogens is 1. The van der Waals surface area contributed by atoms with Gasteiger partial charge >= 0.3 is 5.63 Å². The zero-order chi connectivity index (χ0) is 18.7. The Hall–Kier alpha value is -2.44. The van der Waals surface area contributed by atoms with Gasteiger partial charge in [0.2, 0.25) is 0 Å². The fraction of sp³-hybridized carbons (Fsp3) is 0.200. The summed E-state index contributed by atoms with van der Waals surface area (Å²) in [6, 6.07) is 12.9. The molecule has 1 heterocycles. The van der Waals surface area contributed by atoms with E-state index in [0.717, 1.165) is 22.1 Å². The Balaban J connectivity index is 0.00000261. The van der Waals surface area contributed by atoms with Gasteiger partial charge in [-0.3, -0.25) is 0 Å². The largest absolute Gasteiger partial charge is 0.494 e. The van der Waals surface area contributed by atoms with E-state index in [1.165, 1.54) is 17.8 Å². The number of hydrogen-bond donors (Lipinski definition) is 1. The minimum Gasteiger partial charge on any atom is -0.494 e. The number of rotatable bonds is 4. The molecular formula is C20H21ClN2O3S. The number of amidine groups is 1. The van der Waals surface area contributed by atoms with Crippen molar-refractivity contribution >= 4 is 46.0 Å². The molecule has 0 aliphatic heterocycles. The van der Waals surface area contributed by atoms with Gasteiger partial charge in [-0.15, -0.1) is 12.4 Å². The van der Waals surface area contributed by atoms with Crippen LogP contribution in [0.3, 0.4) is 0 Å². The highest BCUT2D eigenvalue weighted by Crippen LogP contribution is 2.28. The average molecular weight is 405 g/mol. The molecule has 0 aliphatic carbocycles. The van der Waals surface area contributed by atoms with Gasteiger partial charge in [0, 0.05) is 17.2 Å². The quantitative estimate of drug-likeness (QED) is 0.386. The second-order valence-electron chi connectivity index (χ2n) is 5.93. The highest BCUT2D eigenvalue weighted by atomic mass is 35.5. The maximum Gasteiger partial charge on any atom is 0.336 e. The van der Waals surface area contributed by atoms with Gasteiger partial charge in [0.1, 0.15) is 17.0 Å². The highest BCUT2D eigenvalue weighted by Gasteiger charge is 2.09. The van der Waals surface area contributed by atoms with E-state index >= 15 is 0 Å². The van der Waals surface area contributed by atoms with E-state index in [1.54, 1.807) is 7.11 Å². The number of thioether (sulfide) groups is 1. The third-order valence-electron chi connectivity index (χ3n) is 4.14. The summed E-state index contributed by atoms with van der Waals surface area (Å²) in [4.78, 5) is 16.3. The number of aryl methyl sites for hydroxylation is 2. The predicted octanol–water partition coefficient (Wildman–Crippen LogP) is 4.72. The topological polar surface area (TPSA) is 77.8 Å². The SMILES string of the molecule is COc1ccccc1N=C(N)SCc1cc(=O)oc2cc(C)c(C)cc12.Cl. The zero-order valence-electron chi connectivity index (χ0n) is 15.3. The Morgan fingerprint density at radius 2 is 1.89 bits per heavy atom. The number of hydrogen-bond acceptors (Lipinski definition) is 5. The van der Waals surface area contributed by atoms with Crippen LogP contribution in [-0.4, -0.2) is 12.3 Å². The smallest absolute Gasteiger partial charge is 0.336 e. The van der Waals surface area contributed by atoms with E-state index in [1.807, 2.05) is 50.2 Å². The molecule has 3 rings (SSSR count). The molecule has 7 heteroatoms. The molecule has 0 radical (unpaired) electrons. The van der Waals surface area contributed by atoms with Crippen LogP contribution in [0.25, 0.3) is 11.0 Å². The Bertz CT molecular complexity index is 1050. The van der Waals surface area contributed by atoms with E-state index in [-0.39, 0.29) is 18.0 Å². The molecule has 0 amide bonds. The van der Waals surface area contributed by atoms with Crippen LogP contribution in [-0.2, 0) is 5.75 Å². The molecular weight excluding hydrogens is 384 g/mol. The van der Waals surface area contributed by atoms with Crippen LogP contribution < -0.4 is 16.1 Å². The number of aliphatic imine (C=N–C) groups is 1. The molecule has 0 saturated heterocycles. The molecule has 0 unspecified atom stereocenters. The monoisotopic (exact) mass is 404 g/mol. The van der Waals surface area contributed by atoms with E-state index in [0.29, 0.717) is 27.9 Å². The average Bonchev–Trinajstić information content (AvgIpc) is 2.61. The molecule has 142 valence electrons. The number of methoxy groups -OCH3 is 1. The summed E-state index contributed by atoms with van der Waals surface area (Å²) in [5.74, 6) is 1.18. The van der Waals surface area contributed by atoms with Crippen LogP contribution in [0.1, 0.15) is 16.7 Å². The summed E-state index contributed by atoms with van der Waals surface area (Å²) in [7, 11) is 1.59. The first-order valence-corrected chi connectivity index (χ1v) is 9.10. The van der Waals surface area contributed by atoms with Gasteiger partial charge in [-0.25, -0.2) is 9.79 Å². The maximum absolute atomic E-state index is 11.9. The van der Waals surface area contributed by atoms with E-state index in [2.05, 4.69) is 4.99 Å². The number of fused-ring (bicyclic) bond motifs is 1. The Morgan fingerprint density at radius 1 is 1.19 bits per heavy atom. The number of nitrogens with zero attached hydrogens (tertiary/aromatic N) is 1. The van der Waals surface area contributed by atoms with Crippen LogP contribution in [0.4, 0.5) is 5.69 Å². The van der Waals surface area contributed by atoms with Crippen LogP contribution >= 0.6 is 24.2 Å². The lowest BCUT2D eigenvalue weighted by Gasteiger charge is -2.08. The lowest BCUT2D eigenvalue weighted by atomic mass is 10.0.